The Morgan fingerprint density at radius 3 is 2.57 bits per heavy atom. The van der Waals surface area contributed by atoms with E-state index in [1.54, 1.807) is 35.2 Å². The minimum atomic E-state index is -1.33. The minimum absolute atomic E-state index is 0.141. The van der Waals surface area contributed by atoms with Crippen LogP contribution in [0, 0.1) is 0 Å². The molecule has 2 aromatic rings. The fraction of sp³-hybridized carbons (Fsp3) is 0.133. The molecule has 1 atom stereocenters. The van der Waals surface area contributed by atoms with Gasteiger partial charge in [-0.1, -0.05) is 23.7 Å². The summed E-state index contributed by atoms with van der Waals surface area (Å²) in [5.74, 6) is 0.0916. The van der Waals surface area contributed by atoms with Gasteiger partial charge in [0.25, 0.3) is 0 Å². The summed E-state index contributed by atoms with van der Waals surface area (Å²) in [5.41, 5.74) is 1.19. The van der Waals surface area contributed by atoms with Gasteiger partial charge in [0.1, 0.15) is 0 Å². The summed E-state index contributed by atoms with van der Waals surface area (Å²) in [6, 6.07) is 12.2. The summed E-state index contributed by atoms with van der Waals surface area (Å²) in [6.07, 6.45) is 0.203. The van der Waals surface area contributed by atoms with Crippen LogP contribution in [0.2, 0.25) is 5.02 Å². The number of amides is 1. The number of carbonyl (C=O) groups excluding carboxylic acids is 1. The van der Waals surface area contributed by atoms with Gasteiger partial charge in [-0.3, -0.25) is 9.69 Å². The molecule has 0 spiro atoms. The van der Waals surface area contributed by atoms with E-state index in [9.17, 15) is 9.00 Å². The fourth-order valence-electron chi connectivity index (χ4n) is 2.33. The number of rotatable bonds is 2. The predicted molar refractivity (Wildman–Crippen MR) is 85.1 cm³/mol. The normalized spacial score (nSPS) is 16.3. The van der Waals surface area contributed by atoms with E-state index in [4.69, 9.17) is 23.2 Å². The van der Waals surface area contributed by atoms with Crippen LogP contribution in [0.1, 0.15) is 6.42 Å². The van der Waals surface area contributed by atoms with Gasteiger partial charge >= 0.3 is 0 Å². The molecule has 108 valence electrons. The molecule has 21 heavy (non-hydrogen) atoms. The zero-order valence-electron chi connectivity index (χ0n) is 10.9. The molecule has 1 amide bonds. The third-order valence-corrected chi connectivity index (χ3v) is 5.14. The number of anilines is 2. The molecule has 0 N–H and O–H groups in total. The van der Waals surface area contributed by atoms with Crippen molar-refractivity contribution in [3.05, 3.63) is 47.5 Å². The molecule has 1 unspecified atom stereocenters. The highest BCUT2D eigenvalue weighted by molar-refractivity contribution is 7.85. The Bertz CT molecular complexity index is 748. The summed E-state index contributed by atoms with van der Waals surface area (Å²) in [6.45, 7) is 0. The highest BCUT2D eigenvalue weighted by atomic mass is 35.5. The van der Waals surface area contributed by atoms with E-state index >= 15 is 0 Å². The third-order valence-electron chi connectivity index (χ3n) is 3.23. The van der Waals surface area contributed by atoms with Crippen molar-refractivity contribution in [2.24, 2.45) is 0 Å². The number of halogens is 2. The third kappa shape index (κ3) is 2.48. The lowest BCUT2D eigenvalue weighted by Crippen LogP contribution is -2.30. The minimum Gasteiger partial charge on any atom is -0.278 e. The lowest BCUT2D eigenvalue weighted by molar-refractivity contribution is -0.117. The van der Waals surface area contributed by atoms with E-state index in [2.05, 4.69) is 0 Å². The lowest BCUT2D eigenvalue weighted by Gasteiger charge is -2.31. The van der Waals surface area contributed by atoms with E-state index in [0.717, 1.165) is 0 Å². The molecule has 3 rings (SSSR count). The molecule has 0 saturated carbocycles. The largest absolute Gasteiger partial charge is 0.278 e. The van der Waals surface area contributed by atoms with Gasteiger partial charge in [-0.05, 0) is 30.3 Å². The van der Waals surface area contributed by atoms with Gasteiger partial charge in [0.2, 0.25) is 5.91 Å². The molecule has 0 fully saturated rings. The van der Waals surface area contributed by atoms with Gasteiger partial charge in [0.15, 0.2) is 0 Å². The summed E-state index contributed by atoms with van der Waals surface area (Å²) < 4.78 is 12.6. The average Bonchev–Trinajstić information content (AvgIpc) is 2.47. The Hall–Kier alpha value is -1.36. The van der Waals surface area contributed by atoms with E-state index in [0.29, 0.717) is 26.2 Å². The van der Waals surface area contributed by atoms with Gasteiger partial charge in [0.05, 0.1) is 32.0 Å². The van der Waals surface area contributed by atoms with E-state index in [1.165, 1.54) is 0 Å². The second-order valence-corrected chi connectivity index (χ2v) is 6.75. The van der Waals surface area contributed by atoms with Crippen LogP contribution in [0.25, 0.3) is 0 Å². The van der Waals surface area contributed by atoms with Crippen molar-refractivity contribution in [1.82, 2.24) is 0 Å². The Labute approximate surface area is 134 Å². The maximum atomic E-state index is 12.6. The van der Waals surface area contributed by atoms with Gasteiger partial charge in [-0.25, -0.2) is 4.21 Å². The monoisotopic (exact) mass is 339 g/mol. The number of hydrogen-bond donors (Lipinski definition) is 0. The van der Waals surface area contributed by atoms with Crippen molar-refractivity contribution in [1.29, 1.82) is 0 Å². The number of para-hydroxylation sites is 1. The predicted octanol–water partition coefficient (Wildman–Crippen LogP) is 4.11. The Morgan fingerprint density at radius 2 is 1.81 bits per heavy atom. The molecule has 0 aliphatic carbocycles. The van der Waals surface area contributed by atoms with Crippen molar-refractivity contribution in [3.63, 3.8) is 0 Å². The first kappa shape index (κ1) is 14.6. The van der Waals surface area contributed by atoms with Crippen LogP contribution in [0.3, 0.4) is 0 Å². The zero-order chi connectivity index (χ0) is 15.0. The number of benzene rings is 2. The smallest absolute Gasteiger partial charge is 0.232 e. The van der Waals surface area contributed by atoms with E-state index in [1.807, 2.05) is 12.1 Å². The van der Waals surface area contributed by atoms with Crippen LogP contribution in [0.5, 0.6) is 0 Å². The van der Waals surface area contributed by atoms with Gasteiger partial charge in [0, 0.05) is 17.3 Å². The number of fused-ring (bicyclic) bond motifs is 2. The number of carbonyl (C=O) groups is 1. The average molecular weight is 340 g/mol. The maximum Gasteiger partial charge on any atom is 0.232 e. The quantitative estimate of drug-likeness (QED) is 0.772. The van der Waals surface area contributed by atoms with Crippen molar-refractivity contribution < 1.29 is 9.00 Å². The van der Waals surface area contributed by atoms with Crippen LogP contribution < -0.4 is 4.90 Å². The topological polar surface area (TPSA) is 37.4 Å². The molecule has 1 aliphatic rings. The summed E-state index contributed by atoms with van der Waals surface area (Å²) in [7, 11) is -1.33. The Balaban J connectivity index is 2.24. The molecule has 0 aromatic heterocycles. The maximum absolute atomic E-state index is 12.6. The second-order valence-electron chi connectivity index (χ2n) is 4.52. The van der Waals surface area contributed by atoms with Crippen molar-refractivity contribution >= 4 is 51.3 Å². The first-order chi connectivity index (χ1) is 10.1. The van der Waals surface area contributed by atoms with E-state index in [-0.39, 0.29) is 18.2 Å². The summed E-state index contributed by atoms with van der Waals surface area (Å²) >= 11 is 11.7. The Kier molecular flexibility index (Phi) is 4.02. The van der Waals surface area contributed by atoms with Crippen molar-refractivity contribution in [3.8, 4) is 0 Å². The molecule has 1 aliphatic heterocycles. The number of hydrogen-bond acceptors (Lipinski definition) is 2. The lowest BCUT2D eigenvalue weighted by atomic mass is 10.2. The van der Waals surface area contributed by atoms with Crippen LogP contribution in [-0.2, 0) is 15.6 Å². The number of alkyl halides is 1. The van der Waals surface area contributed by atoms with Crippen LogP contribution in [0.4, 0.5) is 11.4 Å². The number of nitrogens with zero attached hydrogens (tertiary/aromatic N) is 1. The molecule has 0 saturated heterocycles. The molecule has 1 heterocycles. The molecule has 3 nitrogen and oxygen atoms in total. The van der Waals surface area contributed by atoms with Crippen molar-refractivity contribution in [2.45, 2.75) is 16.2 Å². The first-order valence-electron chi connectivity index (χ1n) is 6.33. The first-order valence-corrected chi connectivity index (χ1v) is 8.39. The van der Waals surface area contributed by atoms with Crippen LogP contribution in [-0.4, -0.2) is 16.0 Å². The Morgan fingerprint density at radius 1 is 1.10 bits per heavy atom. The summed E-state index contributed by atoms with van der Waals surface area (Å²) in [4.78, 5) is 15.2. The van der Waals surface area contributed by atoms with Crippen molar-refractivity contribution in [2.75, 3.05) is 10.8 Å². The highest BCUT2D eigenvalue weighted by Crippen LogP contribution is 2.43. The van der Waals surface area contributed by atoms with Crippen LogP contribution >= 0.6 is 23.2 Å². The fourth-order valence-corrected chi connectivity index (χ4v) is 3.98. The summed E-state index contributed by atoms with van der Waals surface area (Å²) in [5, 5.41) is 0.494. The molecular weight excluding hydrogens is 329 g/mol. The van der Waals surface area contributed by atoms with Crippen LogP contribution in [0.15, 0.2) is 52.3 Å². The van der Waals surface area contributed by atoms with Gasteiger partial charge in [-0.2, -0.15) is 0 Å². The standard InChI is InChI=1S/C15H11Cl2NO2S/c16-8-7-15(19)18-11-3-1-2-4-13(11)21(20)14-6-5-10(17)9-12(14)18/h1-6,9H,7-8H2. The molecular formula is C15H11Cl2NO2S. The van der Waals surface area contributed by atoms with E-state index < -0.39 is 10.8 Å². The highest BCUT2D eigenvalue weighted by Gasteiger charge is 2.31. The molecule has 0 radical (unpaired) electrons. The molecule has 0 bridgehead atoms. The van der Waals surface area contributed by atoms with Gasteiger partial charge < -0.3 is 0 Å². The van der Waals surface area contributed by atoms with Gasteiger partial charge in [-0.15, -0.1) is 11.6 Å². The second kappa shape index (κ2) is 5.79. The molecule has 6 heteroatoms. The zero-order valence-corrected chi connectivity index (χ0v) is 13.2. The SMILES string of the molecule is O=C(CCCl)N1c2ccccc2S(=O)c2ccc(Cl)cc21. The molecule has 2 aromatic carbocycles.